The molecular weight excluding hydrogens is 405 g/mol. The SMILES string of the molecule is FC(F)(F)Oc1ccc(Oc2ccc(CN3CCN(c4ccccc4)CC3)cc2)cc1. The summed E-state index contributed by atoms with van der Waals surface area (Å²) in [5.41, 5.74) is 2.45. The predicted octanol–water partition coefficient (Wildman–Crippen LogP) is 5.70. The third-order valence-corrected chi connectivity index (χ3v) is 5.12. The summed E-state index contributed by atoms with van der Waals surface area (Å²) in [6.07, 6.45) is -4.70. The van der Waals surface area contributed by atoms with Crippen LogP contribution in [0.5, 0.6) is 17.2 Å². The molecule has 1 saturated heterocycles. The van der Waals surface area contributed by atoms with Gasteiger partial charge in [-0.05, 0) is 54.1 Å². The number of hydrogen-bond donors (Lipinski definition) is 0. The number of benzene rings is 3. The first-order valence-electron chi connectivity index (χ1n) is 10.1. The molecule has 3 aromatic rings. The highest BCUT2D eigenvalue weighted by molar-refractivity contribution is 5.46. The minimum atomic E-state index is -4.70. The number of hydrogen-bond acceptors (Lipinski definition) is 4. The summed E-state index contributed by atoms with van der Waals surface area (Å²) in [6.45, 7) is 4.86. The summed E-state index contributed by atoms with van der Waals surface area (Å²) in [4.78, 5) is 4.83. The molecule has 162 valence electrons. The van der Waals surface area contributed by atoms with E-state index in [0.717, 1.165) is 32.7 Å². The molecule has 0 N–H and O–H groups in total. The molecule has 3 aromatic carbocycles. The van der Waals surface area contributed by atoms with Crippen LogP contribution in [-0.4, -0.2) is 37.4 Å². The number of alkyl halides is 3. The Kier molecular flexibility index (Phi) is 6.32. The van der Waals surface area contributed by atoms with E-state index >= 15 is 0 Å². The van der Waals surface area contributed by atoms with Gasteiger partial charge in [-0.15, -0.1) is 13.2 Å². The van der Waals surface area contributed by atoms with Gasteiger partial charge < -0.3 is 14.4 Å². The largest absolute Gasteiger partial charge is 0.573 e. The van der Waals surface area contributed by atoms with E-state index in [9.17, 15) is 13.2 Å². The molecule has 1 aliphatic rings. The van der Waals surface area contributed by atoms with Crippen molar-refractivity contribution in [1.82, 2.24) is 4.90 Å². The summed E-state index contributed by atoms with van der Waals surface area (Å²) in [5.74, 6) is 0.795. The Bertz CT molecular complexity index is 953. The summed E-state index contributed by atoms with van der Waals surface area (Å²) in [6, 6.07) is 23.6. The van der Waals surface area contributed by atoms with Crippen LogP contribution in [0.1, 0.15) is 5.56 Å². The van der Waals surface area contributed by atoms with Crippen LogP contribution in [0.4, 0.5) is 18.9 Å². The van der Waals surface area contributed by atoms with Crippen LogP contribution in [0, 0.1) is 0 Å². The first-order valence-corrected chi connectivity index (χ1v) is 10.1. The van der Waals surface area contributed by atoms with Gasteiger partial charge in [-0.2, -0.15) is 0 Å². The monoisotopic (exact) mass is 428 g/mol. The highest BCUT2D eigenvalue weighted by Crippen LogP contribution is 2.27. The van der Waals surface area contributed by atoms with Crippen LogP contribution in [0.15, 0.2) is 78.9 Å². The van der Waals surface area contributed by atoms with Crippen LogP contribution >= 0.6 is 0 Å². The Hall–Kier alpha value is -3.19. The molecule has 0 aliphatic carbocycles. The highest BCUT2D eigenvalue weighted by atomic mass is 19.4. The van der Waals surface area contributed by atoms with E-state index in [2.05, 4.69) is 38.8 Å². The van der Waals surface area contributed by atoms with Gasteiger partial charge in [0.2, 0.25) is 0 Å². The number of piperazine rings is 1. The van der Waals surface area contributed by atoms with Crippen molar-refractivity contribution in [2.24, 2.45) is 0 Å². The lowest BCUT2D eigenvalue weighted by Crippen LogP contribution is -2.45. The van der Waals surface area contributed by atoms with Crippen molar-refractivity contribution < 1.29 is 22.6 Å². The molecule has 0 spiro atoms. The minimum absolute atomic E-state index is 0.275. The van der Waals surface area contributed by atoms with Gasteiger partial charge in [0.15, 0.2) is 0 Å². The maximum atomic E-state index is 12.2. The van der Waals surface area contributed by atoms with Crippen molar-refractivity contribution in [1.29, 1.82) is 0 Å². The number of para-hydroxylation sites is 1. The molecule has 0 atom stereocenters. The number of nitrogens with zero attached hydrogens (tertiary/aromatic N) is 2. The Morgan fingerprint density at radius 2 is 1.23 bits per heavy atom. The molecule has 7 heteroatoms. The van der Waals surface area contributed by atoms with Crippen LogP contribution in [-0.2, 0) is 6.54 Å². The molecule has 0 bridgehead atoms. The third-order valence-electron chi connectivity index (χ3n) is 5.12. The molecule has 0 unspecified atom stereocenters. The van der Waals surface area contributed by atoms with Crippen molar-refractivity contribution in [3.05, 3.63) is 84.4 Å². The van der Waals surface area contributed by atoms with Crippen LogP contribution in [0.25, 0.3) is 0 Å². The fourth-order valence-electron chi connectivity index (χ4n) is 3.57. The predicted molar refractivity (Wildman–Crippen MR) is 114 cm³/mol. The van der Waals surface area contributed by atoms with Crippen molar-refractivity contribution in [3.8, 4) is 17.2 Å². The minimum Gasteiger partial charge on any atom is -0.457 e. The maximum Gasteiger partial charge on any atom is 0.573 e. The molecule has 4 rings (SSSR count). The fourth-order valence-corrected chi connectivity index (χ4v) is 3.57. The van der Waals surface area contributed by atoms with Gasteiger partial charge in [0, 0.05) is 38.4 Å². The highest BCUT2D eigenvalue weighted by Gasteiger charge is 2.31. The molecule has 0 aromatic heterocycles. The lowest BCUT2D eigenvalue weighted by molar-refractivity contribution is -0.274. The number of ether oxygens (including phenoxy) is 2. The number of anilines is 1. The quantitative estimate of drug-likeness (QED) is 0.503. The normalized spacial score (nSPS) is 15.0. The molecule has 0 saturated carbocycles. The van der Waals surface area contributed by atoms with Crippen molar-refractivity contribution in [2.75, 3.05) is 31.1 Å². The van der Waals surface area contributed by atoms with Gasteiger partial charge >= 0.3 is 6.36 Å². The molecule has 31 heavy (non-hydrogen) atoms. The Labute approximate surface area is 179 Å². The summed E-state index contributed by atoms with van der Waals surface area (Å²) >= 11 is 0. The van der Waals surface area contributed by atoms with E-state index in [1.54, 1.807) is 0 Å². The van der Waals surface area contributed by atoms with Crippen molar-refractivity contribution in [3.63, 3.8) is 0 Å². The van der Waals surface area contributed by atoms with Gasteiger partial charge in [0.1, 0.15) is 17.2 Å². The Morgan fingerprint density at radius 3 is 1.81 bits per heavy atom. The van der Waals surface area contributed by atoms with E-state index in [1.807, 2.05) is 30.3 Å². The van der Waals surface area contributed by atoms with Gasteiger partial charge in [0.05, 0.1) is 0 Å². The van der Waals surface area contributed by atoms with Gasteiger partial charge in [-0.1, -0.05) is 30.3 Å². The topological polar surface area (TPSA) is 24.9 Å². The molecule has 4 nitrogen and oxygen atoms in total. The molecule has 1 fully saturated rings. The van der Waals surface area contributed by atoms with E-state index in [4.69, 9.17) is 4.74 Å². The average Bonchev–Trinajstić information content (AvgIpc) is 2.77. The van der Waals surface area contributed by atoms with Crippen molar-refractivity contribution in [2.45, 2.75) is 12.9 Å². The first-order chi connectivity index (χ1) is 14.9. The van der Waals surface area contributed by atoms with Gasteiger partial charge in [0.25, 0.3) is 0 Å². The summed E-state index contributed by atoms with van der Waals surface area (Å²) < 4.78 is 46.3. The first kappa shape index (κ1) is 21.1. The van der Waals surface area contributed by atoms with E-state index in [-0.39, 0.29) is 5.75 Å². The molecular formula is C24H23F3N2O2. The maximum absolute atomic E-state index is 12.2. The molecule has 0 radical (unpaired) electrons. The second-order valence-electron chi connectivity index (χ2n) is 7.36. The number of halogens is 3. The molecule has 1 aliphatic heterocycles. The summed E-state index contributed by atoms with van der Waals surface area (Å²) in [7, 11) is 0. The summed E-state index contributed by atoms with van der Waals surface area (Å²) in [5, 5.41) is 0. The third kappa shape index (κ3) is 6.15. The van der Waals surface area contributed by atoms with Crippen LogP contribution < -0.4 is 14.4 Å². The Balaban J connectivity index is 1.27. The average molecular weight is 428 g/mol. The van der Waals surface area contributed by atoms with Gasteiger partial charge in [-0.25, -0.2) is 0 Å². The Morgan fingerprint density at radius 1 is 0.677 bits per heavy atom. The zero-order valence-corrected chi connectivity index (χ0v) is 16.9. The fraction of sp³-hybridized carbons (Fsp3) is 0.250. The standard InChI is InChI=1S/C24H23F3N2O2/c25-24(26,27)31-23-12-10-22(11-13-23)30-21-8-6-19(7-9-21)18-28-14-16-29(17-15-28)20-4-2-1-3-5-20/h1-13H,14-18H2. The van der Waals surface area contributed by atoms with Gasteiger partial charge in [-0.3, -0.25) is 4.90 Å². The smallest absolute Gasteiger partial charge is 0.457 e. The van der Waals surface area contributed by atoms with Crippen LogP contribution in [0.3, 0.4) is 0 Å². The second kappa shape index (κ2) is 9.31. The zero-order valence-electron chi connectivity index (χ0n) is 16.9. The van der Waals surface area contributed by atoms with Crippen molar-refractivity contribution >= 4 is 5.69 Å². The lowest BCUT2D eigenvalue weighted by atomic mass is 10.2. The molecule has 0 amide bonds. The van der Waals surface area contributed by atoms with E-state index < -0.39 is 6.36 Å². The zero-order chi connectivity index (χ0) is 21.7. The molecule has 1 heterocycles. The number of rotatable bonds is 6. The van der Waals surface area contributed by atoms with E-state index in [0.29, 0.717) is 11.5 Å². The van der Waals surface area contributed by atoms with Crippen LogP contribution in [0.2, 0.25) is 0 Å². The second-order valence-corrected chi connectivity index (χ2v) is 7.36. The van der Waals surface area contributed by atoms with E-state index in [1.165, 1.54) is 35.5 Å². The lowest BCUT2D eigenvalue weighted by Gasteiger charge is -2.36.